The molecule has 0 bridgehead atoms. The van der Waals surface area contributed by atoms with Crippen LogP contribution in [-0.2, 0) is 24.7 Å². The molecule has 0 radical (unpaired) electrons. The van der Waals surface area contributed by atoms with E-state index in [2.05, 4.69) is 4.18 Å². The van der Waals surface area contributed by atoms with Gasteiger partial charge in [-0.15, -0.1) is 0 Å². The molecule has 1 unspecified atom stereocenters. The van der Waals surface area contributed by atoms with Crippen molar-refractivity contribution in [2.45, 2.75) is 11.8 Å². The van der Waals surface area contributed by atoms with Gasteiger partial charge in [0.1, 0.15) is 0 Å². The third kappa shape index (κ3) is 3.04. The number of primary amides is 1. The number of hydrogen-bond acceptors (Lipinski definition) is 4. The van der Waals surface area contributed by atoms with E-state index in [-0.39, 0.29) is 0 Å². The summed E-state index contributed by atoms with van der Waals surface area (Å²) in [5, 5.41) is 0. The average molecular weight is 297 g/mol. The summed E-state index contributed by atoms with van der Waals surface area (Å²) < 4.78 is 65.5. The summed E-state index contributed by atoms with van der Waals surface area (Å²) in [6.45, 7) is 0. The minimum atomic E-state index is -5.33. The van der Waals surface area contributed by atoms with Gasteiger partial charge in [-0.05, 0) is 0 Å². The number of amides is 1. The number of nitrogens with two attached hydrogens (primary N) is 1. The molecule has 0 saturated heterocycles. The predicted octanol–water partition coefficient (Wildman–Crippen LogP) is 0.906. The molecule has 106 valence electrons. The van der Waals surface area contributed by atoms with Crippen LogP contribution in [0.4, 0.5) is 13.2 Å². The van der Waals surface area contributed by atoms with Crippen molar-refractivity contribution in [2.24, 2.45) is 5.73 Å². The summed E-state index contributed by atoms with van der Waals surface area (Å²) in [6.07, 6.45) is -4.93. The van der Waals surface area contributed by atoms with E-state index >= 15 is 0 Å². The minimum Gasteiger partial charge on any atom is -0.366 e. The lowest BCUT2D eigenvalue weighted by Gasteiger charge is -2.31. The minimum absolute atomic E-state index is 0.402. The topological polar surface area (TPSA) is 86.5 Å². The molecule has 0 aromatic heterocycles. The molecular weight excluding hydrogens is 287 g/mol. The van der Waals surface area contributed by atoms with Crippen LogP contribution < -0.4 is 5.73 Å². The zero-order valence-electron chi connectivity index (χ0n) is 9.64. The highest BCUT2D eigenvalue weighted by molar-refractivity contribution is 7.86. The van der Waals surface area contributed by atoms with E-state index in [0.29, 0.717) is 6.26 Å². The first kappa shape index (κ1) is 15.4. The molecule has 5 nitrogen and oxygen atoms in total. The van der Waals surface area contributed by atoms with E-state index < -0.39 is 33.4 Å². The van der Waals surface area contributed by atoms with Crippen molar-refractivity contribution in [3.05, 3.63) is 35.9 Å². The number of alkyl halides is 3. The third-order valence-electron chi connectivity index (χ3n) is 2.20. The summed E-state index contributed by atoms with van der Waals surface area (Å²) in [6, 6.07) is 5.60. The largest absolute Gasteiger partial charge is 0.432 e. The van der Waals surface area contributed by atoms with E-state index in [0.717, 1.165) is 12.1 Å². The molecule has 1 atom stereocenters. The second-order valence-corrected chi connectivity index (χ2v) is 5.27. The van der Waals surface area contributed by atoms with Crippen molar-refractivity contribution in [3.8, 4) is 0 Å². The molecule has 0 saturated carbocycles. The van der Waals surface area contributed by atoms with Gasteiger partial charge < -0.3 is 5.73 Å². The van der Waals surface area contributed by atoms with E-state index in [1.807, 2.05) is 0 Å². The van der Waals surface area contributed by atoms with Gasteiger partial charge in [0.2, 0.25) is 0 Å². The van der Waals surface area contributed by atoms with Gasteiger partial charge >= 0.3 is 6.18 Å². The molecule has 1 amide bonds. The Kier molecular flexibility index (Phi) is 3.92. The van der Waals surface area contributed by atoms with Gasteiger partial charge in [0.05, 0.1) is 6.26 Å². The standard InChI is InChI=1S/C10H10F3NO4S/c1-19(16,17)18-9(8(14)15,10(11,12)13)7-5-3-2-4-6-7/h2-6H,1H3,(H2,14,15). The van der Waals surface area contributed by atoms with Crippen LogP contribution in [0.5, 0.6) is 0 Å². The first-order valence-corrected chi connectivity index (χ1v) is 6.65. The van der Waals surface area contributed by atoms with Crippen LogP contribution in [0.3, 0.4) is 0 Å². The van der Waals surface area contributed by atoms with Gasteiger partial charge in [-0.3, -0.25) is 4.79 Å². The summed E-state index contributed by atoms with van der Waals surface area (Å²) in [5.41, 5.74) is 0.306. The van der Waals surface area contributed by atoms with Crippen molar-refractivity contribution in [3.63, 3.8) is 0 Å². The van der Waals surface area contributed by atoms with Crippen molar-refractivity contribution in [2.75, 3.05) is 6.26 Å². The number of rotatable bonds is 4. The number of halogens is 3. The highest BCUT2D eigenvalue weighted by atomic mass is 32.2. The van der Waals surface area contributed by atoms with Crippen molar-refractivity contribution in [1.82, 2.24) is 0 Å². The maximum absolute atomic E-state index is 13.2. The van der Waals surface area contributed by atoms with Gasteiger partial charge in [0, 0.05) is 5.56 Å². The molecule has 1 rings (SSSR count). The normalized spacial score (nSPS) is 15.8. The molecular formula is C10H10F3NO4S. The lowest BCUT2D eigenvalue weighted by atomic mass is 9.92. The molecule has 9 heteroatoms. The molecule has 19 heavy (non-hydrogen) atoms. The fraction of sp³-hybridized carbons (Fsp3) is 0.300. The zero-order valence-corrected chi connectivity index (χ0v) is 10.5. The summed E-state index contributed by atoms with van der Waals surface area (Å²) in [7, 11) is -4.58. The smallest absolute Gasteiger partial charge is 0.366 e. The van der Waals surface area contributed by atoms with Gasteiger partial charge in [0.15, 0.2) is 0 Å². The lowest BCUT2D eigenvalue weighted by Crippen LogP contribution is -2.55. The molecule has 0 aliphatic heterocycles. The Hall–Kier alpha value is -1.61. The summed E-state index contributed by atoms with van der Waals surface area (Å²) in [5.74, 6) is -1.96. The second-order valence-electron chi connectivity index (χ2n) is 3.70. The lowest BCUT2D eigenvalue weighted by molar-refractivity contribution is -0.244. The third-order valence-corrected chi connectivity index (χ3v) is 2.76. The Morgan fingerprint density at radius 2 is 1.68 bits per heavy atom. The van der Waals surface area contributed by atoms with Crippen LogP contribution in [0.2, 0.25) is 0 Å². The van der Waals surface area contributed by atoms with Crippen LogP contribution in [-0.4, -0.2) is 26.8 Å². The average Bonchev–Trinajstić information content (AvgIpc) is 2.23. The second kappa shape index (κ2) is 4.82. The Bertz CT molecular complexity index is 570. The maximum Gasteiger partial charge on any atom is 0.432 e. The van der Waals surface area contributed by atoms with E-state index in [9.17, 15) is 26.4 Å². The Balaban J connectivity index is 3.60. The highest BCUT2D eigenvalue weighted by Gasteiger charge is 2.64. The van der Waals surface area contributed by atoms with Crippen LogP contribution in [0, 0.1) is 0 Å². The number of benzene rings is 1. The maximum atomic E-state index is 13.2. The molecule has 0 fully saturated rings. The molecule has 1 aromatic carbocycles. The molecule has 1 aromatic rings. The zero-order chi connectivity index (χ0) is 14.9. The predicted molar refractivity (Wildman–Crippen MR) is 59.3 cm³/mol. The monoisotopic (exact) mass is 297 g/mol. The van der Waals surface area contributed by atoms with Gasteiger partial charge in [0.25, 0.3) is 21.6 Å². The van der Waals surface area contributed by atoms with Gasteiger partial charge in [-0.1, -0.05) is 30.3 Å². The van der Waals surface area contributed by atoms with E-state index in [1.54, 1.807) is 0 Å². The van der Waals surface area contributed by atoms with E-state index in [1.165, 1.54) is 18.2 Å². The van der Waals surface area contributed by atoms with Crippen LogP contribution in [0.1, 0.15) is 5.56 Å². The van der Waals surface area contributed by atoms with Crippen molar-refractivity contribution in [1.29, 1.82) is 0 Å². The first-order chi connectivity index (χ1) is 8.51. The number of carbonyl (C=O) groups excluding carboxylic acids is 1. The Morgan fingerprint density at radius 1 is 1.21 bits per heavy atom. The molecule has 0 aliphatic rings. The summed E-state index contributed by atoms with van der Waals surface area (Å²) >= 11 is 0. The first-order valence-electron chi connectivity index (χ1n) is 4.83. The highest BCUT2D eigenvalue weighted by Crippen LogP contribution is 2.43. The number of hydrogen-bond donors (Lipinski definition) is 1. The number of carbonyl (C=O) groups is 1. The van der Waals surface area contributed by atoms with Crippen molar-refractivity contribution < 1.29 is 30.6 Å². The fourth-order valence-corrected chi connectivity index (χ4v) is 2.21. The van der Waals surface area contributed by atoms with Crippen LogP contribution in [0.25, 0.3) is 0 Å². The van der Waals surface area contributed by atoms with Gasteiger partial charge in [-0.2, -0.15) is 21.6 Å². The molecule has 2 N–H and O–H groups in total. The Morgan fingerprint density at radius 3 is 2.00 bits per heavy atom. The van der Waals surface area contributed by atoms with Crippen LogP contribution >= 0.6 is 0 Å². The van der Waals surface area contributed by atoms with Crippen LogP contribution in [0.15, 0.2) is 30.3 Å². The Labute approximate surface area is 107 Å². The van der Waals surface area contributed by atoms with Crippen molar-refractivity contribution >= 4 is 16.0 Å². The molecule has 0 spiro atoms. The van der Waals surface area contributed by atoms with Gasteiger partial charge in [-0.25, -0.2) is 4.18 Å². The van der Waals surface area contributed by atoms with E-state index in [4.69, 9.17) is 5.73 Å². The summed E-state index contributed by atoms with van der Waals surface area (Å²) in [4.78, 5) is 11.3. The SMILES string of the molecule is CS(=O)(=O)OC(C(N)=O)(c1ccccc1)C(F)(F)F. The quantitative estimate of drug-likeness (QED) is 0.837. The molecule has 0 aliphatic carbocycles. The fourth-order valence-electron chi connectivity index (χ4n) is 1.48. The molecule has 0 heterocycles.